The van der Waals surface area contributed by atoms with E-state index >= 15 is 0 Å². The smallest absolute Gasteiger partial charge is 0.434 e. The minimum atomic E-state index is -4.46. The van der Waals surface area contributed by atoms with Crippen LogP contribution in [0, 0.1) is 0 Å². The van der Waals surface area contributed by atoms with Crippen molar-refractivity contribution in [3.8, 4) is 17.1 Å². The summed E-state index contributed by atoms with van der Waals surface area (Å²) in [6.07, 6.45) is -2.87. The summed E-state index contributed by atoms with van der Waals surface area (Å²) in [5, 5.41) is 0. The largest absolute Gasteiger partial charge is 0.494 e. The van der Waals surface area contributed by atoms with E-state index in [2.05, 4.69) is 4.98 Å². The van der Waals surface area contributed by atoms with Crippen molar-refractivity contribution in [1.82, 2.24) is 9.55 Å². The summed E-state index contributed by atoms with van der Waals surface area (Å²) in [6.45, 7) is 0. The Morgan fingerprint density at radius 2 is 1.81 bits per heavy atom. The van der Waals surface area contributed by atoms with Crippen molar-refractivity contribution < 1.29 is 17.9 Å². The molecule has 0 spiro atoms. The second-order valence-corrected chi connectivity index (χ2v) is 5.97. The molecule has 0 atom stereocenters. The quantitative estimate of drug-likeness (QED) is 0.706. The van der Waals surface area contributed by atoms with Gasteiger partial charge in [0.2, 0.25) is 0 Å². The molecule has 0 unspecified atom stereocenters. The summed E-state index contributed by atoms with van der Waals surface area (Å²) in [4.78, 5) is 3.71. The fourth-order valence-electron chi connectivity index (χ4n) is 2.86. The maximum absolute atomic E-state index is 12.8. The molecule has 1 aromatic heterocycles. The third-order valence-electron chi connectivity index (χ3n) is 4.10. The zero-order valence-corrected chi connectivity index (χ0v) is 14.3. The molecular formula is C19H18F3N3O. The van der Waals surface area contributed by atoms with Crippen LogP contribution in [0.15, 0.2) is 48.7 Å². The summed E-state index contributed by atoms with van der Waals surface area (Å²) >= 11 is 0. The molecule has 0 aliphatic heterocycles. The molecule has 2 aromatic carbocycles. The molecule has 0 aliphatic rings. The lowest BCUT2D eigenvalue weighted by Crippen LogP contribution is -2.04. The molecule has 0 radical (unpaired) electrons. The number of imidazole rings is 1. The van der Waals surface area contributed by atoms with Crippen molar-refractivity contribution in [1.29, 1.82) is 0 Å². The van der Waals surface area contributed by atoms with Crippen LogP contribution in [0.3, 0.4) is 0 Å². The van der Waals surface area contributed by atoms with Crippen LogP contribution in [0.2, 0.25) is 0 Å². The number of rotatable bonds is 4. The van der Waals surface area contributed by atoms with Crippen LogP contribution in [0.4, 0.5) is 18.9 Å². The summed E-state index contributed by atoms with van der Waals surface area (Å²) in [6, 6.07) is 12.8. The fourth-order valence-corrected chi connectivity index (χ4v) is 2.86. The summed E-state index contributed by atoms with van der Waals surface area (Å²) in [7, 11) is 3.11. The lowest BCUT2D eigenvalue weighted by Gasteiger charge is -2.11. The van der Waals surface area contributed by atoms with Gasteiger partial charge < -0.3 is 15.0 Å². The fraction of sp³-hybridized carbons (Fsp3) is 0.211. The minimum Gasteiger partial charge on any atom is -0.494 e. The second kappa shape index (κ2) is 6.74. The van der Waals surface area contributed by atoms with Crippen molar-refractivity contribution in [3.63, 3.8) is 0 Å². The first-order valence-electron chi connectivity index (χ1n) is 7.91. The van der Waals surface area contributed by atoms with E-state index in [4.69, 9.17) is 10.5 Å². The number of nitrogens with two attached hydrogens (primary N) is 1. The first kappa shape index (κ1) is 17.8. The SMILES string of the molecule is COc1c(N)cccc1Cc1ccc(-c2nc(C(F)(F)F)cn2C)cc1. The number of nitrogens with zero attached hydrogens (tertiary/aromatic N) is 2. The summed E-state index contributed by atoms with van der Waals surface area (Å²) < 4.78 is 45.1. The van der Waals surface area contributed by atoms with Gasteiger partial charge in [-0.3, -0.25) is 0 Å². The van der Waals surface area contributed by atoms with Gasteiger partial charge in [-0.2, -0.15) is 13.2 Å². The van der Waals surface area contributed by atoms with Crippen molar-refractivity contribution in [2.45, 2.75) is 12.6 Å². The minimum absolute atomic E-state index is 0.269. The van der Waals surface area contributed by atoms with Gasteiger partial charge in [0.1, 0.15) is 11.6 Å². The van der Waals surface area contributed by atoms with E-state index in [1.165, 1.54) is 4.57 Å². The zero-order chi connectivity index (χ0) is 18.9. The standard InChI is InChI=1S/C19H18F3N3O/c1-25-11-16(19(20,21)22)24-18(25)13-8-6-12(7-9-13)10-14-4-3-5-15(23)17(14)26-2/h3-9,11H,10,23H2,1-2H3. The molecule has 4 nitrogen and oxygen atoms in total. The van der Waals surface area contributed by atoms with E-state index in [1.807, 2.05) is 24.3 Å². The van der Waals surface area contributed by atoms with Gasteiger partial charge in [-0.1, -0.05) is 36.4 Å². The highest BCUT2D eigenvalue weighted by Crippen LogP contribution is 2.31. The predicted molar refractivity (Wildman–Crippen MR) is 93.9 cm³/mol. The van der Waals surface area contributed by atoms with Gasteiger partial charge in [0, 0.05) is 30.8 Å². The van der Waals surface area contributed by atoms with E-state index < -0.39 is 11.9 Å². The molecule has 7 heteroatoms. The molecular weight excluding hydrogens is 343 g/mol. The van der Waals surface area contributed by atoms with Crippen molar-refractivity contribution in [3.05, 3.63) is 65.5 Å². The highest BCUT2D eigenvalue weighted by Gasteiger charge is 2.34. The Balaban J connectivity index is 1.86. The zero-order valence-electron chi connectivity index (χ0n) is 14.3. The molecule has 26 heavy (non-hydrogen) atoms. The highest BCUT2D eigenvalue weighted by molar-refractivity contribution is 5.59. The number of methoxy groups -OCH3 is 1. The molecule has 0 amide bonds. The number of nitrogen functional groups attached to an aromatic ring is 1. The van der Waals surface area contributed by atoms with Crippen LogP contribution >= 0.6 is 0 Å². The number of anilines is 1. The van der Waals surface area contributed by atoms with Gasteiger partial charge in [-0.15, -0.1) is 0 Å². The number of benzene rings is 2. The molecule has 0 saturated heterocycles. The molecule has 0 fully saturated rings. The van der Waals surface area contributed by atoms with E-state index in [1.54, 1.807) is 32.4 Å². The Labute approximate surface area is 149 Å². The number of aromatic nitrogens is 2. The first-order chi connectivity index (χ1) is 12.3. The molecule has 136 valence electrons. The van der Waals surface area contributed by atoms with E-state index in [0.29, 0.717) is 23.4 Å². The second-order valence-electron chi connectivity index (χ2n) is 5.97. The van der Waals surface area contributed by atoms with Crippen LogP contribution < -0.4 is 10.5 Å². The molecule has 2 N–H and O–H groups in total. The van der Waals surface area contributed by atoms with Crippen LogP contribution in [0.25, 0.3) is 11.4 Å². The molecule has 3 aromatic rings. The molecule has 0 aliphatic carbocycles. The van der Waals surface area contributed by atoms with Crippen LogP contribution in [-0.2, 0) is 19.6 Å². The predicted octanol–water partition coefficient (Wildman–Crippen LogP) is 4.29. The molecule has 1 heterocycles. The van der Waals surface area contributed by atoms with Gasteiger partial charge in [0.25, 0.3) is 0 Å². The molecule has 3 rings (SSSR count). The summed E-state index contributed by atoms with van der Waals surface area (Å²) in [5.41, 5.74) is 8.12. The van der Waals surface area contributed by atoms with E-state index in [9.17, 15) is 13.2 Å². The Morgan fingerprint density at radius 1 is 1.12 bits per heavy atom. The maximum Gasteiger partial charge on any atom is 0.434 e. The first-order valence-corrected chi connectivity index (χ1v) is 7.91. The number of ether oxygens (including phenoxy) is 1. The Hall–Kier alpha value is -2.96. The topological polar surface area (TPSA) is 53.1 Å². The Morgan fingerprint density at radius 3 is 2.38 bits per heavy atom. The van der Waals surface area contributed by atoms with E-state index in [0.717, 1.165) is 17.3 Å². The summed E-state index contributed by atoms with van der Waals surface area (Å²) in [5.74, 6) is 0.904. The van der Waals surface area contributed by atoms with Crippen LogP contribution in [0.5, 0.6) is 5.75 Å². The lowest BCUT2D eigenvalue weighted by atomic mass is 10.0. The number of hydrogen-bond acceptors (Lipinski definition) is 3. The van der Waals surface area contributed by atoms with Crippen molar-refractivity contribution in [2.24, 2.45) is 7.05 Å². The van der Waals surface area contributed by atoms with Gasteiger partial charge in [0.05, 0.1) is 12.8 Å². The Bertz CT molecular complexity index is 915. The van der Waals surface area contributed by atoms with Crippen molar-refractivity contribution in [2.75, 3.05) is 12.8 Å². The van der Waals surface area contributed by atoms with Gasteiger partial charge in [0.15, 0.2) is 5.69 Å². The average molecular weight is 361 g/mol. The average Bonchev–Trinajstić information content (AvgIpc) is 2.98. The van der Waals surface area contributed by atoms with Gasteiger partial charge >= 0.3 is 6.18 Å². The molecule has 0 bridgehead atoms. The third kappa shape index (κ3) is 3.51. The van der Waals surface area contributed by atoms with Crippen LogP contribution in [-0.4, -0.2) is 16.7 Å². The monoisotopic (exact) mass is 361 g/mol. The van der Waals surface area contributed by atoms with Crippen molar-refractivity contribution >= 4 is 5.69 Å². The number of aryl methyl sites for hydroxylation is 1. The van der Waals surface area contributed by atoms with E-state index in [-0.39, 0.29) is 5.82 Å². The van der Waals surface area contributed by atoms with Crippen LogP contribution in [0.1, 0.15) is 16.8 Å². The molecule has 0 saturated carbocycles. The third-order valence-corrected chi connectivity index (χ3v) is 4.10. The Kier molecular flexibility index (Phi) is 4.63. The normalized spacial score (nSPS) is 11.6. The number of para-hydroxylation sites is 1. The lowest BCUT2D eigenvalue weighted by molar-refractivity contribution is -0.140. The maximum atomic E-state index is 12.8. The van der Waals surface area contributed by atoms with Gasteiger partial charge in [-0.05, 0) is 11.6 Å². The number of hydrogen-bond donors (Lipinski definition) is 1. The number of halogens is 3. The van der Waals surface area contributed by atoms with Gasteiger partial charge in [-0.25, -0.2) is 4.98 Å². The number of alkyl halides is 3. The highest BCUT2D eigenvalue weighted by atomic mass is 19.4.